The molecule has 2 aromatic rings. The number of rotatable bonds is 4. The first kappa shape index (κ1) is 15.7. The Morgan fingerprint density at radius 3 is 2.67 bits per heavy atom. The third kappa shape index (κ3) is 4.38. The largest absolute Gasteiger partial charge is 0.343 e. The van der Waals surface area contributed by atoms with Crippen molar-refractivity contribution in [2.24, 2.45) is 0 Å². The van der Waals surface area contributed by atoms with E-state index >= 15 is 0 Å². The highest BCUT2D eigenvalue weighted by atomic mass is 35.5. The summed E-state index contributed by atoms with van der Waals surface area (Å²) in [4.78, 5) is 23.5. The number of benzene rings is 1. The van der Waals surface area contributed by atoms with E-state index in [1.54, 1.807) is 13.0 Å². The predicted molar refractivity (Wildman–Crippen MR) is 82.1 cm³/mol. The molecule has 0 atom stereocenters. The molecule has 0 bridgehead atoms. The number of carbonyl (C=O) groups excluding carboxylic acids is 2. The maximum Gasteiger partial charge on any atom is 0.253 e. The molecule has 2 amide bonds. The first-order chi connectivity index (χ1) is 9.95. The minimum atomic E-state index is -0.458. The number of carbonyl (C=O) groups is 2. The van der Waals surface area contributed by atoms with E-state index in [1.807, 2.05) is 0 Å². The number of nitrogens with one attached hydrogen (secondary N) is 2. The Kier molecular flexibility index (Phi) is 5.11. The van der Waals surface area contributed by atoms with E-state index in [9.17, 15) is 9.59 Å². The van der Waals surface area contributed by atoms with Crippen molar-refractivity contribution in [1.82, 2.24) is 15.5 Å². The quantitative estimate of drug-likeness (QED) is 0.892. The zero-order valence-electron chi connectivity index (χ0n) is 10.8. The topological polar surface area (TPSA) is 84.0 Å². The molecule has 0 saturated heterocycles. The average Bonchev–Trinajstić information content (AvgIpc) is 2.81. The van der Waals surface area contributed by atoms with Gasteiger partial charge in [-0.1, -0.05) is 34.5 Å². The molecule has 1 aromatic heterocycles. The number of anilines is 1. The van der Waals surface area contributed by atoms with Gasteiger partial charge in [0.2, 0.25) is 11.0 Å². The molecule has 0 aliphatic carbocycles. The molecular weight excluding hydrogens is 335 g/mol. The lowest BCUT2D eigenvalue weighted by atomic mass is 10.2. The Morgan fingerprint density at radius 1 is 1.29 bits per heavy atom. The summed E-state index contributed by atoms with van der Waals surface area (Å²) < 4.78 is 0. The molecule has 21 heavy (non-hydrogen) atoms. The zero-order valence-corrected chi connectivity index (χ0v) is 13.1. The van der Waals surface area contributed by atoms with Gasteiger partial charge in [-0.25, -0.2) is 0 Å². The third-order valence-electron chi connectivity index (χ3n) is 2.36. The Balaban J connectivity index is 1.90. The van der Waals surface area contributed by atoms with Crippen molar-refractivity contribution in [1.29, 1.82) is 0 Å². The second-order valence-corrected chi connectivity index (χ2v) is 6.01. The number of aryl methyl sites for hydroxylation is 1. The van der Waals surface area contributed by atoms with Crippen molar-refractivity contribution in [3.05, 3.63) is 38.8 Å². The van der Waals surface area contributed by atoms with Crippen LogP contribution in [0.4, 0.5) is 5.13 Å². The minimum absolute atomic E-state index is 0.198. The Morgan fingerprint density at radius 2 is 2.05 bits per heavy atom. The summed E-state index contributed by atoms with van der Waals surface area (Å²) in [5.74, 6) is -0.857. The molecular formula is C12H10Cl2N4O2S. The summed E-state index contributed by atoms with van der Waals surface area (Å²) in [7, 11) is 0. The number of nitrogens with zero attached hydrogens (tertiary/aromatic N) is 2. The summed E-state index contributed by atoms with van der Waals surface area (Å²) in [6, 6.07) is 4.50. The highest BCUT2D eigenvalue weighted by Crippen LogP contribution is 2.20. The second-order valence-electron chi connectivity index (χ2n) is 3.98. The van der Waals surface area contributed by atoms with Crippen LogP contribution in [0.5, 0.6) is 0 Å². The summed E-state index contributed by atoms with van der Waals surface area (Å²) in [6.45, 7) is 1.58. The molecule has 1 heterocycles. The van der Waals surface area contributed by atoms with Gasteiger partial charge in [0.25, 0.3) is 5.91 Å². The van der Waals surface area contributed by atoms with E-state index in [-0.39, 0.29) is 17.1 Å². The van der Waals surface area contributed by atoms with E-state index in [0.717, 1.165) is 5.01 Å². The van der Waals surface area contributed by atoms with Crippen molar-refractivity contribution < 1.29 is 9.59 Å². The average molecular weight is 345 g/mol. The van der Waals surface area contributed by atoms with E-state index < -0.39 is 11.8 Å². The molecule has 1 aromatic carbocycles. The molecule has 0 radical (unpaired) electrons. The van der Waals surface area contributed by atoms with Crippen LogP contribution in [0.2, 0.25) is 10.0 Å². The van der Waals surface area contributed by atoms with Gasteiger partial charge in [-0.3, -0.25) is 14.9 Å². The van der Waals surface area contributed by atoms with Gasteiger partial charge in [-0.15, -0.1) is 10.2 Å². The van der Waals surface area contributed by atoms with Gasteiger partial charge < -0.3 is 5.32 Å². The minimum Gasteiger partial charge on any atom is -0.343 e. The fourth-order valence-electron chi connectivity index (χ4n) is 1.44. The van der Waals surface area contributed by atoms with Gasteiger partial charge >= 0.3 is 0 Å². The molecule has 6 nitrogen and oxygen atoms in total. The van der Waals surface area contributed by atoms with E-state index in [4.69, 9.17) is 23.2 Å². The predicted octanol–water partition coefficient (Wildman–Crippen LogP) is 2.52. The van der Waals surface area contributed by atoms with Gasteiger partial charge in [-0.05, 0) is 25.1 Å². The van der Waals surface area contributed by atoms with E-state index in [0.29, 0.717) is 10.2 Å². The number of aromatic nitrogens is 2. The third-order valence-corrected chi connectivity index (χ3v) is 3.66. The number of hydrogen-bond donors (Lipinski definition) is 2. The van der Waals surface area contributed by atoms with Crippen molar-refractivity contribution in [3.63, 3.8) is 0 Å². The van der Waals surface area contributed by atoms with Gasteiger partial charge in [-0.2, -0.15) is 0 Å². The summed E-state index contributed by atoms with van der Waals surface area (Å²) in [5.41, 5.74) is 0.251. The fraction of sp³-hybridized carbons (Fsp3) is 0.167. The monoisotopic (exact) mass is 344 g/mol. The van der Waals surface area contributed by atoms with E-state index in [1.165, 1.54) is 23.5 Å². The van der Waals surface area contributed by atoms with Crippen LogP contribution < -0.4 is 10.6 Å². The maximum absolute atomic E-state index is 11.9. The normalized spacial score (nSPS) is 10.2. The molecule has 0 aliphatic heterocycles. The fourth-order valence-corrected chi connectivity index (χ4v) is 2.54. The Bertz CT molecular complexity index is 690. The lowest BCUT2D eigenvalue weighted by Crippen LogP contribution is -2.33. The number of halogens is 2. The Hall–Kier alpha value is -1.70. The van der Waals surface area contributed by atoms with Crippen molar-refractivity contribution in [2.45, 2.75) is 6.92 Å². The first-order valence-electron chi connectivity index (χ1n) is 5.79. The van der Waals surface area contributed by atoms with Crippen LogP contribution in [0.1, 0.15) is 15.4 Å². The second kappa shape index (κ2) is 6.84. The van der Waals surface area contributed by atoms with Crippen LogP contribution in [0.25, 0.3) is 0 Å². The number of hydrogen-bond acceptors (Lipinski definition) is 5. The molecule has 0 aliphatic rings. The smallest absolute Gasteiger partial charge is 0.253 e. The lowest BCUT2D eigenvalue weighted by Gasteiger charge is -2.06. The first-order valence-corrected chi connectivity index (χ1v) is 7.36. The van der Waals surface area contributed by atoms with Crippen molar-refractivity contribution >= 4 is 51.5 Å². The highest BCUT2D eigenvalue weighted by Gasteiger charge is 2.13. The maximum atomic E-state index is 11.9. The van der Waals surface area contributed by atoms with Crippen molar-refractivity contribution in [3.8, 4) is 0 Å². The van der Waals surface area contributed by atoms with Gasteiger partial charge in [0.05, 0.1) is 17.1 Å². The Labute approximate surface area is 134 Å². The molecule has 110 valence electrons. The molecule has 0 spiro atoms. The van der Waals surface area contributed by atoms with Crippen LogP contribution in [0.15, 0.2) is 18.2 Å². The summed E-state index contributed by atoms with van der Waals surface area (Å²) in [5, 5.41) is 14.3. The van der Waals surface area contributed by atoms with Crippen LogP contribution in [0.3, 0.4) is 0 Å². The summed E-state index contributed by atoms with van der Waals surface area (Å²) in [6.07, 6.45) is 0. The van der Waals surface area contributed by atoms with Crippen LogP contribution in [-0.2, 0) is 4.79 Å². The zero-order chi connectivity index (χ0) is 15.4. The lowest BCUT2D eigenvalue weighted by molar-refractivity contribution is -0.115. The molecule has 0 fully saturated rings. The number of amides is 2. The van der Waals surface area contributed by atoms with Gasteiger partial charge in [0.15, 0.2) is 0 Å². The van der Waals surface area contributed by atoms with Gasteiger partial charge in [0, 0.05) is 5.02 Å². The molecule has 9 heteroatoms. The SMILES string of the molecule is Cc1nnc(NC(=O)CNC(=O)c2ccc(Cl)cc2Cl)s1. The standard InChI is InChI=1S/C12H10Cl2N4O2S/c1-6-17-18-12(21-6)16-10(19)5-15-11(20)8-3-2-7(13)4-9(8)14/h2-4H,5H2,1H3,(H,15,20)(H,16,18,19). The molecule has 2 N–H and O–H groups in total. The molecule has 0 unspecified atom stereocenters. The highest BCUT2D eigenvalue weighted by molar-refractivity contribution is 7.15. The van der Waals surface area contributed by atoms with Crippen LogP contribution in [0, 0.1) is 6.92 Å². The summed E-state index contributed by atoms with van der Waals surface area (Å²) >= 11 is 12.9. The van der Waals surface area contributed by atoms with Crippen molar-refractivity contribution in [2.75, 3.05) is 11.9 Å². The van der Waals surface area contributed by atoms with Crippen LogP contribution >= 0.6 is 34.5 Å². The molecule has 2 rings (SSSR count). The van der Waals surface area contributed by atoms with E-state index in [2.05, 4.69) is 20.8 Å². The molecule has 0 saturated carbocycles. The van der Waals surface area contributed by atoms with Gasteiger partial charge in [0.1, 0.15) is 5.01 Å². The van der Waals surface area contributed by atoms with Crippen LogP contribution in [-0.4, -0.2) is 28.6 Å².